The highest BCUT2D eigenvalue weighted by Crippen LogP contribution is 2.29. The van der Waals surface area contributed by atoms with Crippen LogP contribution in [0.2, 0.25) is 0 Å². The van der Waals surface area contributed by atoms with Crippen LogP contribution in [0.5, 0.6) is 0 Å². The average Bonchev–Trinajstić information content (AvgIpc) is 2.39. The summed E-state index contributed by atoms with van der Waals surface area (Å²) in [6.45, 7) is 2.12. The van der Waals surface area contributed by atoms with Crippen molar-refractivity contribution in [2.75, 3.05) is 0 Å². The van der Waals surface area contributed by atoms with Crippen molar-refractivity contribution in [2.24, 2.45) is 5.73 Å². The van der Waals surface area contributed by atoms with Crippen LogP contribution < -0.4 is 5.73 Å². The zero-order valence-electron chi connectivity index (χ0n) is 10.6. The van der Waals surface area contributed by atoms with E-state index in [-0.39, 0.29) is 11.4 Å². The van der Waals surface area contributed by atoms with Crippen molar-refractivity contribution < 1.29 is 8.78 Å². The molecule has 0 spiro atoms. The van der Waals surface area contributed by atoms with E-state index in [4.69, 9.17) is 5.73 Å². The molecule has 0 bridgehead atoms. The molecule has 100 valence electrons. The first kappa shape index (κ1) is 14.0. The Balaban J connectivity index is 2.18. The lowest BCUT2D eigenvalue weighted by Crippen LogP contribution is -2.00. The van der Waals surface area contributed by atoms with E-state index >= 15 is 0 Å². The zero-order valence-corrected chi connectivity index (χ0v) is 11.4. The van der Waals surface area contributed by atoms with E-state index in [9.17, 15) is 8.78 Å². The minimum atomic E-state index is -0.543. The minimum Gasteiger partial charge on any atom is -0.326 e. The predicted molar refractivity (Wildman–Crippen MR) is 75.0 cm³/mol. The maximum Gasteiger partial charge on any atom is 0.140 e. The molecule has 0 aromatic heterocycles. The summed E-state index contributed by atoms with van der Waals surface area (Å²) in [6, 6.07) is 10.4. The van der Waals surface area contributed by atoms with Crippen molar-refractivity contribution in [3.05, 3.63) is 64.7 Å². The molecule has 4 heteroatoms. The number of nitrogens with two attached hydrogens (primary N) is 1. The highest BCUT2D eigenvalue weighted by molar-refractivity contribution is 7.98. The fourth-order valence-corrected chi connectivity index (χ4v) is 2.81. The van der Waals surface area contributed by atoms with Crippen molar-refractivity contribution in [1.82, 2.24) is 0 Å². The van der Waals surface area contributed by atoms with Gasteiger partial charge in [-0.25, -0.2) is 8.78 Å². The minimum absolute atomic E-state index is 0.0560. The number of benzene rings is 2. The van der Waals surface area contributed by atoms with Crippen molar-refractivity contribution >= 4 is 11.8 Å². The molecule has 0 unspecified atom stereocenters. The van der Waals surface area contributed by atoms with Gasteiger partial charge >= 0.3 is 0 Å². The summed E-state index contributed by atoms with van der Waals surface area (Å²) < 4.78 is 27.6. The summed E-state index contributed by atoms with van der Waals surface area (Å²) >= 11 is 1.17. The lowest BCUT2D eigenvalue weighted by Gasteiger charge is -2.08. The Morgan fingerprint density at radius 3 is 2.32 bits per heavy atom. The topological polar surface area (TPSA) is 26.0 Å². The molecule has 0 saturated carbocycles. The molecule has 19 heavy (non-hydrogen) atoms. The molecule has 0 atom stereocenters. The van der Waals surface area contributed by atoms with Gasteiger partial charge in [-0.3, -0.25) is 0 Å². The molecule has 0 aliphatic carbocycles. The van der Waals surface area contributed by atoms with Gasteiger partial charge in [0.05, 0.1) is 4.90 Å². The molecule has 0 fully saturated rings. The first-order valence-corrected chi connectivity index (χ1v) is 6.95. The quantitative estimate of drug-likeness (QED) is 0.855. The molecule has 2 aromatic carbocycles. The van der Waals surface area contributed by atoms with Gasteiger partial charge in [0.2, 0.25) is 0 Å². The summed E-state index contributed by atoms with van der Waals surface area (Å²) in [6.07, 6.45) is 0. The summed E-state index contributed by atoms with van der Waals surface area (Å²) in [5, 5.41) is 0. The van der Waals surface area contributed by atoms with Gasteiger partial charge in [-0.1, -0.05) is 24.3 Å². The fraction of sp³-hybridized carbons (Fsp3) is 0.200. The van der Waals surface area contributed by atoms with Crippen LogP contribution in [0.3, 0.4) is 0 Å². The Hall–Kier alpha value is -1.39. The standard InChI is InChI=1S/C15H15F2NS/c1-10-4-2-3-5-12(10)9-19-15-13(16)6-11(8-18)7-14(15)17/h2-7H,8-9,18H2,1H3. The third kappa shape index (κ3) is 3.33. The van der Waals surface area contributed by atoms with E-state index in [1.54, 1.807) is 0 Å². The largest absolute Gasteiger partial charge is 0.326 e. The van der Waals surface area contributed by atoms with Crippen molar-refractivity contribution in [1.29, 1.82) is 0 Å². The van der Waals surface area contributed by atoms with E-state index in [0.717, 1.165) is 11.1 Å². The Labute approximate surface area is 115 Å². The molecule has 0 aliphatic rings. The molecule has 2 rings (SSSR count). The fourth-order valence-electron chi connectivity index (χ4n) is 1.79. The van der Waals surface area contributed by atoms with Crippen molar-refractivity contribution in [2.45, 2.75) is 24.1 Å². The number of rotatable bonds is 4. The van der Waals surface area contributed by atoms with Gasteiger partial charge in [-0.2, -0.15) is 0 Å². The molecule has 0 saturated heterocycles. The third-order valence-electron chi connectivity index (χ3n) is 2.93. The first-order valence-electron chi connectivity index (χ1n) is 5.97. The predicted octanol–water partition coefficient (Wildman–Crippen LogP) is 4.02. The van der Waals surface area contributed by atoms with E-state index < -0.39 is 11.6 Å². The Kier molecular flexibility index (Phi) is 4.56. The maximum absolute atomic E-state index is 13.8. The Bertz CT molecular complexity index is 561. The highest BCUT2D eigenvalue weighted by Gasteiger charge is 2.12. The molecular weight excluding hydrogens is 264 g/mol. The van der Waals surface area contributed by atoms with Gasteiger partial charge in [-0.15, -0.1) is 11.8 Å². The van der Waals surface area contributed by atoms with E-state index in [2.05, 4.69) is 0 Å². The molecule has 2 N–H and O–H groups in total. The van der Waals surface area contributed by atoms with Crippen LogP contribution >= 0.6 is 11.8 Å². The number of halogens is 2. The number of hydrogen-bond donors (Lipinski definition) is 1. The molecule has 0 heterocycles. The smallest absolute Gasteiger partial charge is 0.140 e. The Morgan fingerprint density at radius 1 is 1.11 bits per heavy atom. The summed E-state index contributed by atoms with van der Waals surface area (Å²) in [5.41, 5.74) is 8.05. The third-order valence-corrected chi connectivity index (χ3v) is 4.06. The molecule has 0 amide bonds. The van der Waals surface area contributed by atoms with Gasteiger partial charge < -0.3 is 5.73 Å². The lowest BCUT2D eigenvalue weighted by molar-refractivity contribution is 0.537. The van der Waals surface area contributed by atoms with Crippen LogP contribution in [0.1, 0.15) is 16.7 Å². The zero-order chi connectivity index (χ0) is 13.8. The van der Waals surface area contributed by atoms with Gasteiger partial charge in [0.15, 0.2) is 0 Å². The molecule has 2 aromatic rings. The number of thioether (sulfide) groups is 1. The van der Waals surface area contributed by atoms with Gasteiger partial charge in [0.1, 0.15) is 11.6 Å². The van der Waals surface area contributed by atoms with Crippen LogP contribution in [-0.4, -0.2) is 0 Å². The average molecular weight is 279 g/mol. The second-order valence-corrected chi connectivity index (χ2v) is 5.29. The number of hydrogen-bond acceptors (Lipinski definition) is 2. The molecular formula is C15H15F2NS. The lowest BCUT2D eigenvalue weighted by atomic mass is 10.1. The van der Waals surface area contributed by atoms with Crippen molar-refractivity contribution in [3.63, 3.8) is 0 Å². The van der Waals surface area contributed by atoms with E-state index in [1.165, 1.54) is 23.9 Å². The second kappa shape index (κ2) is 6.17. The second-order valence-electron chi connectivity index (χ2n) is 4.31. The van der Waals surface area contributed by atoms with Crippen LogP contribution in [0.25, 0.3) is 0 Å². The van der Waals surface area contributed by atoms with Gasteiger partial charge in [0, 0.05) is 12.3 Å². The molecule has 0 aliphatic heterocycles. The van der Waals surface area contributed by atoms with E-state index in [0.29, 0.717) is 11.3 Å². The van der Waals surface area contributed by atoms with Crippen LogP contribution in [0.15, 0.2) is 41.3 Å². The number of aryl methyl sites for hydroxylation is 1. The monoisotopic (exact) mass is 279 g/mol. The molecule has 1 nitrogen and oxygen atoms in total. The van der Waals surface area contributed by atoms with Gasteiger partial charge in [-0.05, 0) is 35.7 Å². The Morgan fingerprint density at radius 2 is 1.74 bits per heavy atom. The summed E-state index contributed by atoms with van der Waals surface area (Å²) in [7, 11) is 0. The van der Waals surface area contributed by atoms with Crippen LogP contribution in [0, 0.1) is 18.6 Å². The van der Waals surface area contributed by atoms with Crippen molar-refractivity contribution in [3.8, 4) is 0 Å². The van der Waals surface area contributed by atoms with Crippen LogP contribution in [-0.2, 0) is 12.3 Å². The van der Waals surface area contributed by atoms with Crippen LogP contribution in [0.4, 0.5) is 8.78 Å². The summed E-state index contributed by atoms with van der Waals surface area (Å²) in [4.78, 5) is 0.0560. The maximum atomic E-state index is 13.8. The first-order chi connectivity index (χ1) is 9.11. The van der Waals surface area contributed by atoms with Gasteiger partial charge in [0.25, 0.3) is 0 Å². The SMILES string of the molecule is Cc1ccccc1CSc1c(F)cc(CN)cc1F. The normalized spacial score (nSPS) is 10.7. The van der Waals surface area contributed by atoms with E-state index in [1.807, 2.05) is 31.2 Å². The molecule has 0 radical (unpaired) electrons. The highest BCUT2D eigenvalue weighted by atomic mass is 32.2. The summed E-state index contributed by atoms with van der Waals surface area (Å²) in [5.74, 6) is -0.541.